The number of hydrogen-bond donors (Lipinski definition) is 3. The average molecular weight is 580 g/mol. The maximum Gasteiger partial charge on any atom is 0.390 e. The Labute approximate surface area is 234 Å². The van der Waals surface area contributed by atoms with Crippen LogP contribution in [0.3, 0.4) is 0 Å². The summed E-state index contributed by atoms with van der Waals surface area (Å²) >= 11 is 0. The number of aryl methyl sites for hydroxylation is 1. The standard InChI is InChI=1S/C28H26N3O9P/c1-18-22(29-28(40-18)24-9-6-12-37-24)17-38-23-11-10-19(13-25(23)36-2)16-39-27-20(14-26(32)41(33,34)35)15-31(30-27)21-7-4-3-5-8-21/h3-15,32H,16-17H2,1-2H3,(H2,33,34,35)/b26-14-. The van der Waals surface area contributed by atoms with Crippen molar-refractivity contribution in [2.45, 2.75) is 20.1 Å². The first kappa shape index (κ1) is 27.8. The fourth-order valence-electron chi connectivity index (χ4n) is 3.81. The van der Waals surface area contributed by atoms with E-state index in [9.17, 15) is 19.5 Å². The number of aromatic nitrogens is 3. The molecule has 0 amide bonds. The van der Waals surface area contributed by atoms with E-state index >= 15 is 0 Å². The van der Waals surface area contributed by atoms with Crippen molar-refractivity contribution in [3.8, 4) is 34.7 Å². The van der Waals surface area contributed by atoms with Crippen molar-refractivity contribution >= 4 is 13.7 Å². The van der Waals surface area contributed by atoms with Gasteiger partial charge in [0, 0.05) is 12.3 Å². The number of aliphatic hydroxyl groups excluding tert-OH is 1. The highest BCUT2D eigenvalue weighted by molar-refractivity contribution is 7.56. The summed E-state index contributed by atoms with van der Waals surface area (Å²) in [7, 11) is -3.35. The molecule has 2 aromatic carbocycles. The lowest BCUT2D eigenvalue weighted by Crippen LogP contribution is -2.02. The van der Waals surface area contributed by atoms with Gasteiger partial charge in [-0.1, -0.05) is 24.3 Å². The first-order valence-electron chi connectivity index (χ1n) is 12.3. The Bertz CT molecular complexity index is 1700. The molecule has 3 heterocycles. The number of nitrogens with zero attached hydrogens (tertiary/aromatic N) is 3. The topological polar surface area (TPSA) is 162 Å². The zero-order chi connectivity index (χ0) is 29.0. The Morgan fingerprint density at radius 1 is 1.05 bits per heavy atom. The summed E-state index contributed by atoms with van der Waals surface area (Å²) in [5, 5.41) is 14.3. The molecule has 0 spiro atoms. The third-order valence-corrected chi connectivity index (χ3v) is 6.63. The maximum absolute atomic E-state index is 11.5. The summed E-state index contributed by atoms with van der Waals surface area (Å²) in [6.07, 6.45) is 3.97. The third kappa shape index (κ3) is 6.52. The molecule has 0 aliphatic heterocycles. The van der Waals surface area contributed by atoms with E-state index in [1.807, 2.05) is 18.2 Å². The van der Waals surface area contributed by atoms with Gasteiger partial charge in [-0.2, -0.15) is 0 Å². The fourth-order valence-corrected chi connectivity index (χ4v) is 4.11. The molecule has 0 fully saturated rings. The second-order valence-corrected chi connectivity index (χ2v) is 10.3. The molecule has 0 atom stereocenters. The third-order valence-electron chi connectivity index (χ3n) is 5.90. The lowest BCUT2D eigenvalue weighted by Gasteiger charge is -2.12. The number of hydrogen-bond acceptors (Lipinski definition) is 9. The zero-order valence-corrected chi connectivity index (χ0v) is 22.9. The molecular weight excluding hydrogens is 553 g/mol. The minimum absolute atomic E-state index is 0.0366. The lowest BCUT2D eigenvalue weighted by molar-refractivity contribution is 0.275. The Balaban J connectivity index is 1.32. The number of furan rings is 1. The zero-order valence-electron chi connectivity index (χ0n) is 22.0. The van der Waals surface area contributed by atoms with Crippen LogP contribution in [0.15, 0.2) is 87.5 Å². The molecule has 212 valence electrons. The van der Waals surface area contributed by atoms with Crippen LogP contribution in [-0.2, 0) is 17.8 Å². The quantitative estimate of drug-likeness (QED) is 0.131. The predicted octanol–water partition coefficient (Wildman–Crippen LogP) is 5.63. The number of ether oxygens (including phenoxy) is 3. The number of para-hydroxylation sites is 1. The van der Waals surface area contributed by atoms with Crippen molar-refractivity contribution in [3.05, 3.63) is 101 Å². The minimum atomic E-state index is -4.86. The molecule has 12 nitrogen and oxygen atoms in total. The molecule has 0 bridgehead atoms. The summed E-state index contributed by atoms with van der Waals surface area (Å²) < 4.78 is 41.3. The van der Waals surface area contributed by atoms with Crippen LogP contribution in [0.5, 0.6) is 17.4 Å². The molecular formula is C28H26N3O9P. The normalized spacial score (nSPS) is 12.0. The summed E-state index contributed by atoms with van der Waals surface area (Å²) in [6, 6.07) is 17.8. The molecule has 0 saturated carbocycles. The van der Waals surface area contributed by atoms with Gasteiger partial charge in [-0.3, -0.25) is 4.57 Å². The molecule has 0 radical (unpaired) electrons. The van der Waals surface area contributed by atoms with Crippen LogP contribution in [0.1, 0.15) is 22.6 Å². The number of oxazole rings is 1. The van der Waals surface area contributed by atoms with Crippen LogP contribution < -0.4 is 14.2 Å². The van der Waals surface area contributed by atoms with Crippen molar-refractivity contribution in [3.63, 3.8) is 0 Å². The van der Waals surface area contributed by atoms with Crippen molar-refractivity contribution in [1.29, 1.82) is 0 Å². The van der Waals surface area contributed by atoms with Gasteiger partial charge in [0.05, 0.1) is 24.6 Å². The molecule has 0 saturated heterocycles. The van der Waals surface area contributed by atoms with Gasteiger partial charge in [0.25, 0.3) is 5.89 Å². The van der Waals surface area contributed by atoms with Crippen LogP contribution in [0.2, 0.25) is 0 Å². The Morgan fingerprint density at radius 2 is 1.85 bits per heavy atom. The van der Waals surface area contributed by atoms with Crippen LogP contribution in [0, 0.1) is 6.92 Å². The molecule has 3 N–H and O–H groups in total. The van der Waals surface area contributed by atoms with E-state index in [0.29, 0.717) is 45.9 Å². The SMILES string of the molecule is COc1cc(COc2nn(-c3ccccc3)cc2/C=C(/O)P(=O)(O)O)ccc1OCc1nc(-c2ccco2)oc1C. The molecule has 0 aliphatic carbocycles. The summed E-state index contributed by atoms with van der Waals surface area (Å²) in [5.74, 6) is 2.47. The summed E-state index contributed by atoms with van der Waals surface area (Å²) in [5.41, 5.74) is 1.08. The van der Waals surface area contributed by atoms with Crippen LogP contribution in [0.25, 0.3) is 23.4 Å². The molecule has 5 aromatic rings. The smallest absolute Gasteiger partial charge is 0.390 e. The number of methoxy groups -OCH3 is 1. The van der Waals surface area contributed by atoms with Gasteiger partial charge in [-0.05, 0) is 48.9 Å². The van der Waals surface area contributed by atoms with E-state index in [-0.39, 0.29) is 24.7 Å². The van der Waals surface area contributed by atoms with E-state index in [1.54, 1.807) is 55.7 Å². The maximum atomic E-state index is 11.5. The lowest BCUT2D eigenvalue weighted by atomic mass is 10.2. The van der Waals surface area contributed by atoms with Gasteiger partial charge < -0.3 is 37.9 Å². The molecule has 0 unspecified atom stereocenters. The first-order valence-corrected chi connectivity index (χ1v) is 13.9. The van der Waals surface area contributed by atoms with Crippen LogP contribution >= 0.6 is 7.60 Å². The van der Waals surface area contributed by atoms with E-state index in [4.69, 9.17) is 23.0 Å². The molecule has 13 heteroatoms. The second kappa shape index (κ2) is 11.8. The van der Waals surface area contributed by atoms with E-state index in [2.05, 4.69) is 10.1 Å². The van der Waals surface area contributed by atoms with E-state index in [1.165, 1.54) is 18.0 Å². The van der Waals surface area contributed by atoms with Crippen LogP contribution in [-0.4, -0.2) is 36.8 Å². The van der Waals surface area contributed by atoms with E-state index in [0.717, 1.165) is 6.08 Å². The second-order valence-electron chi connectivity index (χ2n) is 8.78. The van der Waals surface area contributed by atoms with Gasteiger partial charge in [0.15, 0.2) is 17.3 Å². The highest BCUT2D eigenvalue weighted by Crippen LogP contribution is 2.44. The van der Waals surface area contributed by atoms with Crippen molar-refractivity contribution in [2.75, 3.05) is 7.11 Å². The number of rotatable bonds is 11. The summed E-state index contributed by atoms with van der Waals surface area (Å²) in [4.78, 5) is 23.1. The Hall–Kier alpha value is -4.77. The van der Waals surface area contributed by atoms with Crippen molar-refractivity contribution in [2.24, 2.45) is 0 Å². The largest absolute Gasteiger partial charge is 0.501 e. The summed E-state index contributed by atoms with van der Waals surface area (Å²) in [6.45, 7) is 1.96. The van der Waals surface area contributed by atoms with Gasteiger partial charge in [-0.25, -0.2) is 9.67 Å². The highest BCUT2D eigenvalue weighted by Gasteiger charge is 2.22. The predicted molar refractivity (Wildman–Crippen MR) is 147 cm³/mol. The Morgan fingerprint density at radius 3 is 2.56 bits per heavy atom. The molecule has 5 rings (SSSR count). The van der Waals surface area contributed by atoms with E-state index < -0.39 is 13.1 Å². The minimum Gasteiger partial charge on any atom is -0.501 e. The van der Waals surface area contributed by atoms with Crippen molar-refractivity contribution in [1.82, 2.24) is 14.8 Å². The number of benzene rings is 2. The van der Waals surface area contributed by atoms with Crippen molar-refractivity contribution < 1.29 is 42.5 Å². The molecule has 0 aliphatic rings. The van der Waals surface area contributed by atoms with Gasteiger partial charge in [0.2, 0.25) is 11.4 Å². The molecule has 41 heavy (non-hydrogen) atoms. The average Bonchev–Trinajstić information content (AvgIpc) is 3.71. The molecule has 3 aromatic heterocycles. The van der Waals surface area contributed by atoms with Gasteiger partial charge in [-0.15, -0.1) is 5.10 Å². The fraction of sp³-hybridized carbons (Fsp3) is 0.143. The number of aliphatic hydroxyl groups is 1. The van der Waals surface area contributed by atoms with Gasteiger partial charge in [0.1, 0.15) is 24.7 Å². The first-order chi connectivity index (χ1) is 19.7. The van der Waals surface area contributed by atoms with Crippen LogP contribution in [0.4, 0.5) is 0 Å². The monoisotopic (exact) mass is 579 g/mol. The Kier molecular flexibility index (Phi) is 7.97. The highest BCUT2D eigenvalue weighted by atomic mass is 31.2. The van der Waals surface area contributed by atoms with Gasteiger partial charge >= 0.3 is 7.60 Å².